The average molecular weight is 177 g/mol. The van der Waals surface area contributed by atoms with Gasteiger partial charge in [-0.15, -0.1) is 6.58 Å². The summed E-state index contributed by atoms with van der Waals surface area (Å²) in [5.74, 6) is -1.04. The predicted molar refractivity (Wildman–Crippen MR) is 42.6 cm³/mol. The van der Waals surface area contributed by atoms with Gasteiger partial charge in [-0.05, 0) is 6.92 Å². The maximum Gasteiger partial charge on any atom is 0.235 e. The molecule has 2 N–H and O–H groups in total. The zero-order valence-corrected chi connectivity index (χ0v) is 7.10. The van der Waals surface area contributed by atoms with Gasteiger partial charge >= 0.3 is 0 Å². The second kappa shape index (κ2) is 3.52. The Kier molecular flexibility index (Phi) is 3.25. The summed E-state index contributed by atoms with van der Waals surface area (Å²) in [6.45, 7) is 4.52. The minimum absolute atomic E-state index is 0.211. The van der Waals surface area contributed by atoms with Crippen LogP contribution in [0.2, 0.25) is 0 Å². The highest BCUT2D eigenvalue weighted by Crippen LogP contribution is 2.00. The largest absolute Gasteiger partial charge is 0.369 e. The fourth-order valence-corrected chi connectivity index (χ4v) is 1.46. The molecule has 0 spiro atoms. The lowest BCUT2D eigenvalue weighted by atomic mass is 10.5. The average Bonchev–Trinajstić information content (AvgIpc) is 1.86. The molecule has 0 aliphatic heterocycles. The van der Waals surface area contributed by atoms with E-state index in [2.05, 4.69) is 6.58 Å². The van der Waals surface area contributed by atoms with Gasteiger partial charge in [-0.25, -0.2) is 8.42 Å². The Morgan fingerprint density at radius 2 is 2.18 bits per heavy atom. The molecule has 0 aromatic carbocycles. The molecular formula is C6H11NO3S. The van der Waals surface area contributed by atoms with Crippen LogP contribution in [0.4, 0.5) is 0 Å². The molecule has 1 amide bonds. The van der Waals surface area contributed by atoms with Crippen molar-refractivity contribution in [3.8, 4) is 0 Å². The second-order valence-electron chi connectivity index (χ2n) is 2.16. The summed E-state index contributed by atoms with van der Waals surface area (Å²) < 4.78 is 22.0. The van der Waals surface area contributed by atoms with Crippen molar-refractivity contribution >= 4 is 15.7 Å². The van der Waals surface area contributed by atoms with Crippen molar-refractivity contribution < 1.29 is 13.2 Å². The van der Waals surface area contributed by atoms with Crippen molar-refractivity contribution in [2.45, 2.75) is 12.2 Å². The van der Waals surface area contributed by atoms with Crippen LogP contribution in [0.3, 0.4) is 0 Å². The van der Waals surface area contributed by atoms with Crippen molar-refractivity contribution in [3.63, 3.8) is 0 Å². The number of primary amides is 1. The summed E-state index contributed by atoms with van der Waals surface area (Å²) in [5, 5.41) is -1.12. The van der Waals surface area contributed by atoms with Crippen molar-refractivity contribution in [1.82, 2.24) is 0 Å². The van der Waals surface area contributed by atoms with Gasteiger partial charge < -0.3 is 5.73 Å². The lowest BCUT2D eigenvalue weighted by Crippen LogP contribution is -2.34. The molecular weight excluding hydrogens is 166 g/mol. The number of amides is 1. The van der Waals surface area contributed by atoms with E-state index in [9.17, 15) is 13.2 Å². The van der Waals surface area contributed by atoms with Crippen LogP contribution in [0.15, 0.2) is 12.7 Å². The number of nitrogens with two attached hydrogens (primary N) is 1. The van der Waals surface area contributed by atoms with Crippen LogP contribution < -0.4 is 5.73 Å². The normalized spacial score (nSPS) is 13.9. The SMILES string of the molecule is C=CCS(=O)(=O)C(C)C(N)=O. The summed E-state index contributed by atoms with van der Waals surface area (Å²) in [6, 6.07) is 0. The number of sulfone groups is 1. The molecule has 0 aliphatic carbocycles. The molecule has 4 nitrogen and oxygen atoms in total. The highest BCUT2D eigenvalue weighted by atomic mass is 32.2. The summed E-state index contributed by atoms with van der Waals surface area (Å²) in [7, 11) is -3.40. The van der Waals surface area contributed by atoms with Gasteiger partial charge in [0.25, 0.3) is 0 Å². The number of carbonyl (C=O) groups is 1. The van der Waals surface area contributed by atoms with Crippen molar-refractivity contribution in [2.24, 2.45) is 5.73 Å². The molecule has 0 saturated heterocycles. The van der Waals surface area contributed by atoms with Gasteiger partial charge in [0.2, 0.25) is 5.91 Å². The molecule has 0 bridgehead atoms. The summed E-state index contributed by atoms with van der Waals surface area (Å²) >= 11 is 0. The van der Waals surface area contributed by atoms with Crippen LogP contribution in [0, 0.1) is 0 Å². The topological polar surface area (TPSA) is 77.2 Å². The fourth-order valence-electron chi connectivity index (χ4n) is 0.486. The molecule has 5 heteroatoms. The predicted octanol–water partition coefficient (Wildman–Crippen LogP) is -0.539. The molecule has 0 aliphatic rings. The maximum atomic E-state index is 11.0. The van der Waals surface area contributed by atoms with E-state index in [-0.39, 0.29) is 5.75 Å². The lowest BCUT2D eigenvalue weighted by molar-refractivity contribution is -0.117. The highest BCUT2D eigenvalue weighted by molar-refractivity contribution is 7.92. The minimum atomic E-state index is -3.40. The van der Waals surface area contributed by atoms with Gasteiger partial charge in [0.05, 0.1) is 5.75 Å². The van der Waals surface area contributed by atoms with Gasteiger partial charge in [0.1, 0.15) is 5.25 Å². The van der Waals surface area contributed by atoms with Crippen molar-refractivity contribution in [3.05, 3.63) is 12.7 Å². The fraction of sp³-hybridized carbons (Fsp3) is 0.500. The van der Waals surface area contributed by atoms with Crippen LogP contribution in [0.5, 0.6) is 0 Å². The van der Waals surface area contributed by atoms with Gasteiger partial charge in [-0.2, -0.15) is 0 Å². The first-order chi connectivity index (χ1) is 4.91. The monoisotopic (exact) mass is 177 g/mol. The first-order valence-electron chi connectivity index (χ1n) is 3.03. The highest BCUT2D eigenvalue weighted by Gasteiger charge is 2.23. The Bertz CT molecular complexity index is 255. The van der Waals surface area contributed by atoms with E-state index in [4.69, 9.17) is 5.73 Å². The van der Waals surface area contributed by atoms with E-state index in [0.29, 0.717) is 0 Å². The molecule has 11 heavy (non-hydrogen) atoms. The molecule has 0 saturated carbocycles. The molecule has 1 unspecified atom stereocenters. The van der Waals surface area contributed by atoms with Crippen LogP contribution in [0.25, 0.3) is 0 Å². The molecule has 0 fully saturated rings. The standard InChI is InChI=1S/C6H11NO3S/c1-3-4-11(9,10)5(2)6(7)8/h3,5H,1,4H2,2H3,(H2,7,8). The smallest absolute Gasteiger partial charge is 0.235 e. The third-order valence-corrected chi connectivity index (χ3v) is 3.30. The third kappa shape index (κ3) is 2.71. The number of hydrogen-bond donors (Lipinski definition) is 1. The maximum absolute atomic E-state index is 11.0. The first-order valence-corrected chi connectivity index (χ1v) is 4.75. The van der Waals surface area contributed by atoms with E-state index in [1.807, 2.05) is 0 Å². The Balaban J connectivity index is 4.56. The van der Waals surface area contributed by atoms with E-state index in [1.165, 1.54) is 13.0 Å². The van der Waals surface area contributed by atoms with Gasteiger partial charge in [0, 0.05) is 0 Å². The molecule has 0 rings (SSSR count). The Morgan fingerprint density at radius 3 is 2.45 bits per heavy atom. The van der Waals surface area contributed by atoms with Crippen LogP contribution >= 0.6 is 0 Å². The Morgan fingerprint density at radius 1 is 1.73 bits per heavy atom. The molecule has 0 aromatic heterocycles. The van der Waals surface area contributed by atoms with E-state index < -0.39 is 21.0 Å². The number of hydrogen-bond acceptors (Lipinski definition) is 3. The molecule has 0 radical (unpaired) electrons. The van der Waals surface area contributed by atoms with E-state index in [0.717, 1.165) is 0 Å². The Labute approximate surface area is 66.0 Å². The number of carbonyl (C=O) groups excluding carboxylic acids is 1. The summed E-state index contributed by atoms with van der Waals surface area (Å²) in [4.78, 5) is 10.4. The molecule has 64 valence electrons. The summed E-state index contributed by atoms with van der Waals surface area (Å²) in [6.07, 6.45) is 1.23. The quantitative estimate of drug-likeness (QED) is 0.586. The third-order valence-electron chi connectivity index (χ3n) is 1.29. The van der Waals surface area contributed by atoms with Gasteiger partial charge in [-0.3, -0.25) is 4.79 Å². The molecule has 1 atom stereocenters. The molecule has 0 aromatic rings. The van der Waals surface area contributed by atoms with Gasteiger partial charge in [0.15, 0.2) is 9.84 Å². The van der Waals surface area contributed by atoms with Crippen LogP contribution in [-0.4, -0.2) is 25.3 Å². The minimum Gasteiger partial charge on any atom is -0.369 e. The zero-order valence-electron chi connectivity index (χ0n) is 6.28. The zero-order chi connectivity index (χ0) is 9.07. The second-order valence-corrected chi connectivity index (χ2v) is 4.53. The van der Waals surface area contributed by atoms with Gasteiger partial charge in [-0.1, -0.05) is 6.08 Å². The van der Waals surface area contributed by atoms with E-state index in [1.54, 1.807) is 0 Å². The van der Waals surface area contributed by atoms with Crippen LogP contribution in [-0.2, 0) is 14.6 Å². The Hall–Kier alpha value is -0.840. The van der Waals surface area contributed by atoms with Crippen molar-refractivity contribution in [2.75, 3.05) is 5.75 Å². The summed E-state index contributed by atoms with van der Waals surface area (Å²) in [5.41, 5.74) is 4.80. The first kappa shape index (κ1) is 10.2. The molecule has 0 heterocycles. The van der Waals surface area contributed by atoms with Crippen LogP contribution in [0.1, 0.15) is 6.92 Å². The van der Waals surface area contributed by atoms with E-state index >= 15 is 0 Å². The van der Waals surface area contributed by atoms with Crippen molar-refractivity contribution in [1.29, 1.82) is 0 Å². The number of rotatable bonds is 4. The lowest BCUT2D eigenvalue weighted by Gasteiger charge is -2.05.